The second kappa shape index (κ2) is 17.5. The Morgan fingerprint density at radius 1 is 0.812 bits per heavy atom. The van der Waals surface area contributed by atoms with Gasteiger partial charge in [-0.1, -0.05) is 26.7 Å². The normalized spacial score (nSPS) is 10.1. The molecule has 0 aromatic heterocycles. The van der Waals surface area contributed by atoms with Crippen LogP contribution in [-0.4, -0.2) is 43.9 Å². The summed E-state index contributed by atoms with van der Waals surface area (Å²) < 4.78 is 14.2. The minimum absolute atomic E-state index is 1.20. The van der Waals surface area contributed by atoms with Gasteiger partial charge in [0.2, 0.25) is 0 Å². The Bertz CT molecular complexity index is 102. The van der Waals surface area contributed by atoms with E-state index in [1.165, 1.54) is 38.8 Å². The quantitative estimate of drug-likeness (QED) is 0.501. The molecule has 0 atom stereocenters. The largest absolute Gasteiger partial charge is 0.483 e. The third-order valence-electron chi connectivity index (χ3n) is 1.99. The summed E-state index contributed by atoms with van der Waals surface area (Å²) in [6.07, 6.45) is 5.26. The van der Waals surface area contributed by atoms with Crippen LogP contribution in [-0.2, 0) is 13.3 Å². The van der Waals surface area contributed by atoms with E-state index in [-0.39, 0.29) is 0 Å². The predicted octanol–water partition coefficient (Wildman–Crippen LogP) is 1.82. The molecule has 0 amide bonds. The molecular weight excluding hydrogens is 222 g/mol. The van der Waals surface area contributed by atoms with Crippen molar-refractivity contribution in [1.29, 1.82) is 0 Å². The highest BCUT2D eigenvalue weighted by atomic mass is 28.3. The second-order valence-electron chi connectivity index (χ2n) is 3.45. The van der Waals surface area contributed by atoms with E-state index in [1.54, 1.807) is 21.3 Å². The van der Waals surface area contributed by atoms with Gasteiger partial charge in [0.1, 0.15) is 0 Å². The minimum atomic E-state index is -1.67. The van der Waals surface area contributed by atoms with Crippen molar-refractivity contribution in [2.24, 2.45) is 0 Å². The van der Waals surface area contributed by atoms with E-state index < -0.39 is 9.53 Å². The summed E-state index contributed by atoms with van der Waals surface area (Å²) in [6, 6.07) is 0. The fourth-order valence-electron chi connectivity index (χ4n) is 1.02. The molecular formula is C11H29NO3Si. The van der Waals surface area contributed by atoms with E-state index in [9.17, 15) is 0 Å². The number of unbranched alkanes of at least 4 members (excludes halogenated alkanes) is 2. The lowest BCUT2D eigenvalue weighted by Crippen LogP contribution is -2.21. The van der Waals surface area contributed by atoms with Crippen LogP contribution in [0.2, 0.25) is 0 Å². The maximum Gasteiger partial charge on any atom is 0.483 e. The van der Waals surface area contributed by atoms with Crippen LogP contribution in [0.4, 0.5) is 0 Å². The van der Waals surface area contributed by atoms with Crippen LogP contribution in [0, 0.1) is 0 Å². The highest BCUT2D eigenvalue weighted by Crippen LogP contribution is 1.85. The average Bonchev–Trinajstić information content (AvgIpc) is 2.32. The highest BCUT2D eigenvalue weighted by molar-refractivity contribution is 6.36. The van der Waals surface area contributed by atoms with E-state index in [1.807, 2.05) is 0 Å². The number of rotatable bonds is 9. The molecule has 0 aliphatic heterocycles. The van der Waals surface area contributed by atoms with E-state index in [0.29, 0.717) is 0 Å². The van der Waals surface area contributed by atoms with Crippen molar-refractivity contribution < 1.29 is 13.3 Å². The van der Waals surface area contributed by atoms with Gasteiger partial charge in [0.15, 0.2) is 0 Å². The van der Waals surface area contributed by atoms with E-state index in [4.69, 9.17) is 13.3 Å². The zero-order valence-corrected chi connectivity index (χ0v) is 12.7. The average molecular weight is 251 g/mol. The molecule has 0 aliphatic carbocycles. The topological polar surface area (TPSA) is 39.7 Å². The Labute approximate surface area is 103 Å². The van der Waals surface area contributed by atoms with Crippen LogP contribution in [0.5, 0.6) is 0 Å². The molecule has 1 N–H and O–H groups in total. The Balaban J connectivity index is 0. The van der Waals surface area contributed by atoms with Gasteiger partial charge in [0, 0.05) is 21.3 Å². The first-order valence-electron chi connectivity index (χ1n) is 6.05. The van der Waals surface area contributed by atoms with Gasteiger partial charge >= 0.3 is 9.53 Å². The molecule has 0 heterocycles. The van der Waals surface area contributed by atoms with Crippen molar-refractivity contribution in [2.45, 2.75) is 39.5 Å². The zero-order chi connectivity index (χ0) is 12.6. The molecule has 0 spiro atoms. The van der Waals surface area contributed by atoms with Gasteiger partial charge in [-0.2, -0.15) is 0 Å². The van der Waals surface area contributed by atoms with Gasteiger partial charge in [-0.25, -0.2) is 0 Å². The van der Waals surface area contributed by atoms with Crippen LogP contribution in [0.3, 0.4) is 0 Å². The lowest BCUT2D eigenvalue weighted by atomic mass is 10.3. The fraction of sp³-hybridized carbons (Fsp3) is 1.00. The maximum atomic E-state index is 4.74. The van der Waals surface area contributed by atoms with Crippen LogP contribution < -0.4 is 5.32 Å². The van der Waals surface area contributed by atoms with E-state index in [2.05, 4.69) is 19.2 Å². The second-order valence-corrected chi connectivity index (χ2v) is 5.44. The molecule has 0 fully saturated rings. The summed E-state index contributed by atoms with van der Waals surface area (Å²) in [5.41, 5.74) is 0. The molecule has 16 heavy (non-hydrogen) atoms. The number of hydrogen-bond donors (Lipinski definition) is 1. The summed E-state index contributed by atoms with van der Waals surface area (Å²) in [5, 5.41) is 3.39. The number of hydrogen-bond acceptors (Lipinski definition) is 4. The van der Waals surface area contributed by atoms with Crippen molar-refractivity contribution in [1.82, 2.24) is 5.32 Å². The summed E-state index contributed by atoms with van der Waals surface area (Å²) in [7, 11) is 3.05. The van der Waals surface area contributed by atoms with Gasteiger partial charge in [0.25, 0.3) is 0 Å². The van der Waals surface area contributed by atoms with E-state index in [0.717, 1.165) is 0 Å². The summed E-state index contributed by atoms with van der Waals surface area (Å²) in [5.74, 6) is 0. The minimum Gasteiger partial charge on any atom is -0.379 e. The molecule has 0 aromatic carbocycles. The Kier molecular flexibility index (Phi) is 20.1. The van der Waals surface area contributed by atoms with Gasteiger partial charge in [0.05, 0.1) is 0 Å². The van der Waals surface area contributed by atoms with Gasteiger partial charge in [-0.3, -0.25) is 0 Å². The fourth-order valence-corrected chi connectivity index (χ4v) is 1.59. The zero-order valence-electron chi connectivity index (χ0n) is 11.5. The molecule has 5 heteroatoms. The monoisotopic (exact) mass is 251 g/mol. The van der Waals surface area contributed by atoms with Gasteiger partial charge < -0.3 is 18.6 Å². The number of nitrogens with one attached hydrogen (secondary N) is 1. The summed E-state index contributed by atoms with van der Waals surface area (Å²) >= 11 is 0. The molecule has 0 unspecified atom stereocenters. The van der Waals surface area contributed by atoms with Crippen LogP contribution in [0.15, 0.2) is 0 Å². The molecule has 0 bridgehead atoms. The van der Waals surface area contributed by atoms with Crippen molar-refractivity contribution in [3.63, 3.8) is 0 Å². The molecule has 100 valence electrons. The standard InChI is InChI=1S/C8H19N.C3H10O3Si/c1-3-5-7-9-8-6-4-2;1-4-7(5-2)6-3/h9H,3-8H2,1-2H3;7H,1-3H3. The smallest absolute Gasteiger partial charge is 0.379 e. The van der Waals surface area contributed by atoms with Crippen LogP contribution >= 0.6 is 0 Å². The van der Waals surface area contributed by atoms with Crippen molar-refractivity contribution in [3.05, 3.63) is 0 Å². The highest BCUT2D eigenvalue weighted by Gasteiger charge is 2.04. The van der Waals surface area contributed by atoms with Crippen LogP contribution in [0.1, 0.15) is 39.5 Å². The predicted molar refractivity (Wildman–Crippen MR) is 70.9 cm³/mol. The molecule has 0 saturated carbocycles. The molecule has 0 aromatic rings. The van der Waals surface area contributed by atoms with E-state index >= 15 is 0 Å². The van der Waals surface area contributed by atoms with Gasteiger partial charge in [-0.05, 0) is 25.9 Å². The Hall–Kier alpha value is 0.0569. The molecule has 0 aliphatic rings. The maximum absolute atomic E-state index is 4.74. The first-order chi connectivity index (χ1) is 7.76. The molecule has 0 saturated heterocycles. The third-order valence-corrected chi connectivity index (χ3v) is 3.15. The SMILES string of the molecule is CCCCNCCCC.CO[SiH](OC)OC. The Morgan fingerprint density at radius 2 is 1.19 bits per heavy atom. The van der Waals surface area contributed by atoms with Crippen LogP contribution in [0.25, 0.3) is 0 Å². The third kappa shape index (κ3) is 16.5. The van der Waals surface area contributed by atoms with Crippen molar-refractivity contribution in [3.8, 4) is 0 Å². The molecule has 0 rings (SSSR count). The first kappa shape index (κ1) is 18.4. The van der Waals surface area contributed by atoms with Crippen molar-refractivity contribution in [2.75, 3.05) is 34.4 Å². The van der Waals surface area contributed by atoms with Crippen molar-refractivity contribution >= 4 is 9.53 Å². The summed E-state index contributed by atoms with van der Waals surface area (Å²) in [6.45, 7) is 6.86. The Morgan fingerprint density at radius 3 is 1.38 bits per heavy atom. The first-order valence-corrected chi connectivity index (χ1v) is 7.47. The summed E-state index contributed by atoms with van der Waals surface area (Å²) in [4.78, 5) is 0. The lowest BCUT2D eigenvalue weighted by Gasteiger charge is -2.05. The molecule has 4 nitrogen and oxygen atoms in total. The lowest BCUT2D eigenvalue weighted by molar-refractivity contribution is 0.163. The molecule has 0 radical (unpaired) electrons. The van der Waals surface area contributed by atoms with Gasteiger partial charge in [-0.15, -0.1) is 0 Å².